The topological polar surface area (TPSA) is 66.5 Å². The molecule has 0 saturated carbocycles. The number of benzene rings is 2. The molecule has 0 aliphatic rings. The summed E-state index contributed by atoms with van der Waals surface area (Å²) in [5.41, 5.74) is 4.54. The number of aromatic nitrogens is 4. The second kappa shape index (κ2) is 7.65. The third-order valence-corrected chi connectivity index (χ3v) is 3.81. The van der Waals surface area contributed by atoms with E-state index in [1.165, 1.54) is 18.4 Å². The molecule has 3 aromatic rings. The first-order chi connectivity index (χ1) is 11.4. The van der Waals surface area contributed by atoms with Crippen molar-refractivity contribution in [3.05, 3.63) is 54.1 Å². The smallest absolute Gasteiger partial charge is 0.205 e. The molecule has 1 aromatic heterocycles. The summed E-state index contributed by atoms with van der Waals surface area (Å²) in [4.78, 5) is 0. The number of aromatic amines is 1. The normalized spacial score (nSPS) is 10.8. The summed E-state index contributed by atoms with van der Waals surface area (Å²) in [6.45, 7) is 4.18. The van der Waals surface area contributed by atoms with Crippen molar-refractivity contribution in [3.8, 4) is 22.5 Å². The highest BCUT2D eigenvalue weighted by Crippen LogP contribution is 2.29. The second-order valence-corrected chi connectivity index (χ2v) is 5.51. The Bertz CT molecular complexity index is 719. The van der Waals surface area contributed by atoms with Gasteiger partial charge in [0.1, 0.15) is 0 Å². The Morgan fingerprint density at radius 2 is 1.78 bits per heavy atom. The molecule has 1 heterocycles. The largest absolute Gasteiger partial charge is 0.313 e. The first-order valence-corrected chi connectivity index (χ1v) is 8.01. The lowest BCUT2D eigenvalue weighted by Crippen LogP contribution is -2.14. The molecule has 3 rings (SSSR count). The van der Waals surface area contributed by atoms with Gasteiger partial charge in [-0.25, -0.2) is 0 Å². The van der Waals surface area contributed by atoms with Gasteiger partial charge in [0.2, 0.25) is 5.82 Å². The van der Waals surface area contributed by atoms with Gasteiger partial charge in [-0.15, -0.1) is 10.2 Å². The lowest BCUT2D eigenvalue weighted by Gasteiger charge is -2.08. The van der Waals surface area contributed by atoms with E-state index >= 15 is 0 Å². The van der Waals surface area contributed by atoms with Crippen molar-refractivity contribution in [1.82, 2.24) is 25.9 Å². The molecule has 2 aromatic carbocycles. The van der Waals surface area contributed by atoms with Crippen LogP contribution in [0.5, 0.6) is 0 Å². The number of hydrogen-bond donors (Lipinski definition) is 2. The SMILES string of the molecule is CCCCNCc1ccc(-c2ccccc2-c2nn[nH]n2)cc1. The molecule has 0 atom stereocenters. The molecule has 0 aliphatic carbocycles. The molecule has 0 spiro atoms. The molecule has 0 amide bonds. The molecule has 0 aliphatic heterocycles. The van der Waals surface area contributed by atoms with Crippen molar-refractivity contribution in [3.63, 3.8) is 0 Å². The van der Waals surface area contributed by atoms with Gasteiger partial charge in [0.15, 0.2) is 0 Å². The molecule has 2 N–H and O–H groups in total. The van der Waals surface area contributed by atoms with Gasteiger partial charge in [-0.3, -0.25) is 0 Å². The molecule has 0 saturated heterocycles. The van der Waals surface area contributed by atoms with Crippen LogP contribution in [-0.4, -0.2) is 27.2 Å². The predicted octanol–water partition coefficient (Wildman–Crippen LogP) is 3.42. The minimum absolute atomic E-state index is 0.617. The Labute approximate surface area is 136 Å². The van der Waals surface area contributed by atoms with Gasteiger partial charge in [-0.2, -0.15) is 5.21 Å². The average molecular weight is 307 g/mol. The quantitative estimate of drug-likeness (QED) is 0.656. The summed E-state index contributed by atoms with van der Waals surface area (Å²) in [7, 11) is 0. The van der Waals surface area contributed by atoms with Crippen LogP contribution in [0.3, 0.4) is 0 Å². The number of rotatable bonds is 7. The minimum Gasteiger partial charge on any atom is -0.313 e. The first kappa shape index (κ1) is 15.4. The van der Waals surface area contributed by atoms with Gasteiger partial charge >= 0.3 is 0 Å². The Morgan fingerprint density at radius 3 is 2.48 bits per heavy atom. The van der Waals surface area contributed by atoms with E-state index in [-0.39, 0.29) is 0 Å². The lowest BCUT2D eigenvalue weighted by molar-refractivity contribution is 0.641. The van der Waals surface area contributed by atoms with Crippen LogP contribution in [0.25, 0.3) is 22.5 Å². The van der Waals surface area contributed by atoms with Crippen molar-refractivity contribution in [1.29, 1.82) is 0 Å². The molecular weight excluding hydrogens is 286 g/mol. The first-order valence-electron chi connectivity index (χ1n) is 8.01. The fourth-order valence-electron chi connectivity index (χ4n) is 2.54. The third-order valence-electron chi connectivity index (χ3n) is 3.81. The summed E-state index contributed by atoms with van der Waals surface area (Å²) in [5.74, 6) is 0.617. The van der Waals surface area contributed by atoms with Crippen molar-refractivity contribution >= 4 is 0 Å². The van der Waals surface area contributed by atoms with Gasteiger partial charge in [-0.1, -0.05) is 61.9 Å². The zero-order chi connectivity index (χ0) is 15.9. The van der Waals surface area contributed by atoms with E-state index in [1.54, 1.807) is 0 Å². The summed E-state index contributed by atoms with van der Waals surface area (Å²) < 4.78 is 0. The van der Waals surface area contributed by atoms with Crippen LogP contribution in [0.2, 0.25) is 0 Å². The highest BCUT2D eigenvalue weighted by molar-refractivity contribution is 5.80. The van der Waals surface area contributed by atoms with Gasteiger partial charge in [0, 0.05) is 12.1 Å². The zero-order valence-corrected chi connectivity index (χ0v) is 13.3. The molecule has 5 nitrogen and oxygen atoms in total. The van der Waals surface area contributed by atoms with Crippen molar-refractivity contribution in [2.24, 2.45) is 0 Å². The van der Waals surface area contributed by atoms with Gasteiger partial charge in [-0.05, 0) is 34.9 Å². The summed E-state index contributed by atoms with van der Waals surface area (Å²) in [5, 5.41) is 17.8. The Balaban J connectivity index is 1.78. The van der Waals surface area contributed by atoms with Gasteiger partial charge < -0.3 is 5.32 Å². The van der Waals surface area contributed by atoms with Crippen LogP contribution >= 0.6 is 0 Å². The summed E-state index contributed by atoms with van der Waals surface area (Å²) in [6.07, 6.45) is 2.44. The van der Waals surface area contributed by atoms with E-state index in [2.05, 4.69) is 63.2 Å². The van der Waals surface area contributed by atoms with E-state index in [0.717, 1.165) is 29.8 Å². The number of nitrogens with zero attached hydrogens (tertiary/aromatic N) is 3. The Hall–Kier alpha value is -2.53. The van der Waals surface area contributed by atoms with Crippen LogP contribution in [0.4, 0.5) is 0 Å². The lowest BCUT2D eigenvalue weighted by atomic mass is 9.98. The number of nitrogens with one attached hydrogen (secondary N) is 2. The average Bonchev–Trinajstić information content (AvgIpc) is 3.14. The highest BCUT2D eigenvalue weighted by atomic mass is 15.5. The fraction of sp³-hybridized carbons (Fsp3) is 0.278. The van der Waals surface area contributed by atoms with E-state index in [1.807, 2.05) is 18.2 Å². The number of unbranched alkanes of at least 4 members (excludes halogenated alkanes) is 1. The maximum Gasteiger partial charge on any atom is 0.205 e. The number of tetrazole rings is 1. The molecule has 23 heavy (non-hydrogen) atoms. The van der Waals surface area contributed by atoms with Crippen LogP contribution in [0.15, 0.2) is 48.5 Å². The van der Waals surface area contributed by atoms with E-state index < -0.39 is 0 Å². The number of hydrogen-bond acceptors (Lipinski definition) is 4. The molecular formula is C18H21N5. The monoisotopic (exact) mass is 307 g/mol. The molecule has 0 fully saturated rings. The molecule has 0 unspecified atom stereocenters. The van der Waals surface area contributed by atoms with Crippen molar-refractivity contribution in [2.45, 2.75) is 26.3 Å². The van der Waals surface area contributed by atoms with Crippen LogP contribution in [-0.2, 0) is 6.54 Å². The van der Waals surface area contributed by atoms with E-state index in [9.17, 15) is 0 Å². The summed E-state index contributed by atoms with van der Waals surface area (Å²) >= 11 is 0. The Kier molecular flexibility index (Phi) is 5.11. The fourth-order valence-corrected chi connectivity index (χ4v) is 2.54. The van der Waals surface area contributed by atoms with Gasteiger partial charge in [0.25, 0.3) is 0 Å². The third kappa shape index (κ3) is 3.81. The van der Waals surface area contributed by atoms with Crippen molar-refractivity contribution < 1.29 is 0 Å². The standard InChI is InChI=1S/C18H21N5/c1-2-3-12-19-13-14-8-10-15(11-9-14)16-6-4-5-7-17(16)18-20-22-23-21-18/h4-11,19H,2-3,12-13H2,1H3,(H,20,21,22,23). The van der Waals surface area contributed by atoms with Crippen LogP contribution in [0, 0.1) is 0 Å². The maximum atomic E-state index is 4.09. The van der Waals surface area contributed by atoms with E-state index in [0.29, 0.717) is 5.82 Å². The van der Waals surface area contributed by atoms with E-state index in [4.69, 9.17) is 0 Å². The predicted molar refractivity (Wildman–Crippen MR) is 91.7 cm³/mol. The van der Waals surface area contributed by atoms with Crippen LogP contribution in [0.1, 0.15) is 25.3 Å². The van der Waals surface area contributed by atoms with Crippen LogP contribution < -0.4 is 5.32 Å². The maximum absolute atomic E-state index is 4.09. The molecule has 0 bridgehead atoms. The van der Waals surface area contributed by atoms with Gasteiger partial charge in [0.05, 0.1) is 0 Å². The Morgan fingerprint density at radius 1 is 1.00 bits per heavy atom. The minimum atomic E-state index is 0.617. The molecule has 118 valence electrons. The molecule has 5 heteroatoms. The van der Waals surface area contributed by atoms with Crippen molar-refractivity contribution in [2.75, 3.05) is 6.54 Å². The second-order valence-electron chi connectivity index (χ2n) is 5.51. The molecule has 0 radical (unpaired) electrons. The highest BCUT2D eigenvalue weighted by Gasteiger charge is 2.10. The number of H-pyrrole nitrogens is 1. The zero-order valence-electron chi connectivity index (χ0n) is 13.3. The summed E-state index contributed by atoms with van der Waals surface area (Å²) in [6, 6.07) is 16.7.